The fourth-order valence-electron chi connectivity index (χ4n) is 3.13. The van der Waals surface area contributed by atoms with E-state index in [4.69, 9.17) is 0 Å². The molecule has 1 amide bonds. The van der Waals surface area contributed by atoms with Gasteiger partial charge in [0.15, 0.2) is 0 Å². The molecule has 2 aliphatic rings. The molecule has 1 saturated heterocycles. The Balaban J connectivity index is 1.45. The van der Waals surface area contributed by atoms with Gasteiger partial charge >= 0.3 is 0 Å². The molecule has 1 saturated carbocycles. The van der Waals surface area contributed by atoms with E-state index >= 15 is 0 Å². The lowest BCUT2D eigenvalue weighted by Crippen LogP contribution is -2.37. The summed E-state index contributed by atoms with van der Waals surface area (Å²) in [4.78, 5) is 24.6. The van der Waals surface area contributed by atoms with E-state index in [9.17, 15) is 4.79 Å². The van der Waals surface area contributed by atoms with Gasteiger partial charge < -0.3 is 5.32 Å². The number of aromatic nitrogens is 2. The van der Waals surface area contributed by atoms with Crippen molar-refractivity contribution in [3.05, 3.63) is 35.0 Å². The summed E-state index contributed by atoms with van der Waals surface area (Å²) in [6, 6.07) is 6.78. The van der Waals surface area contributed by atoms with Crippen LogP contribution in [0.2, 0.25) is 0 Å². The zero-order chi connectivity index (χ0) is 15.8. The molecule has 4 rings (SSSR count). The SMILES string of the molecule is Cc1nc(-c2ccccn2)sc1C(=O)N[C@@H]1CCN(C2CC2)C1. The highest BCUT2D eigenvalue weighted by atomic mass is 32.1. The smallest absolute Gasteiger partial charge is 0.263 e. The number of pyridine rings is 1. The van der Waals surface area contributed by atoms with Gasteiger partial charge in [0.2, 0.25) is 0 Å². The van der Waals surface area contributed by atoms with Crippen molar-refractivity contribution in [3.63, 3.8) is 0 Å². The second-order valence-corrected chi connectivity index (χ2v) is 7.33. The van der Waals surface area contributed by atoms with E-state index in [0.29, 0.717) is 4.88 Å². The number of nitrogens with zero attached hydrogens (tertiary/aromatic N) is 3. The van der Waals surface area contributed by atoms with Gasteiger partial charge in [-0.05, 0) is 38.3 Å². The molecular weight excluding hydrogens is 308 g/mol. The Labute approximate surface area is 139 Å². The van der Waals surface area contributed by atoms with Crippen LogP contribution < -0.4 is 5.32 Å². The minimum atomic E-state index is 0.00447. The number of nitrogens with one attached hydrogen (secondary N) is 1. The van der Waals surface area contributed by atoms with Gasteiger partial charge in [0.1, 0.15) is 9.88 Å². The predicted octanol–water partition coefficient (Wildman–Crippen LogP) is 2.48. The highest BCUT2D eigenvalue weighted by molar-refractivity contribution is 7.17. The topological polar surface area (TPSA) is 58.1 Å². The standard InChI is InChI=1S/C17H20N4OS/c1-11-15(23-17(19-11)14-4-2-3-8-18-14)16(22)20-12-7-9-21(10-12)13-5-6-13/h2-4,8,12-13H,5-7,9-10H2,1H3,(H,20,22)/t12-/m1/s1. The number of carbonyl (C=O) groups is 1. The van der Waals surface area contributed by atoms with Crippen LogP contribution in [-0.2, 0) is 0 Å². The lowest BCUT2D eigenvalue weighted by atomic mass is 10.2. The maximum atomic E-state index is 12.6. The molecule has 0 bridgehead atoms. The molecule has 6 heteroatoms. The Bertz CT molecular complexity index is 711. The second-order valence-electron chi connectivity index (χ2n) is 6.33. The highest BCUT2D eigenvalue weighted by Crippen LogP contribution is 2.30. The van der Waals surface area contributed by atoms with Gasteiger partial charge in [0, 0.05) is 31.4 Å². The number of hydrogen-bond acceptors (Lipinski definition) is 5. The lowest BCUT2D eigenvalue weighted by molar-refractivity contribution is 0.0941. The van der Waals surface area contributed by atoms with Gasteiger partial charge in [-0.1, -0.05) is 6.07 Å². The molecule has 23 heavy (non-hydrogen) atoms. The number of amides is 1. The molecular formula is C17H20N4OS. The minimum absolute atomic E-state index is 0.00447. The summed E-state index contributed by atoms with van der Waals surface area (Å²) in [6.07, 6.45) is 5.44. The number of aryl methyl sites for hydroxylation is 1. The first-order valence-corrected chi connectivity index (χ1v) is 8.96. The molecule has 2 aromatic rings. The molecule has 2 aromatic heterocycles. The van der Waals surface area contributed by atoms with Gasteiger partial charge in [0.05, 0.1) is 11.4 Å². The molecule has 0 radical (unpaired) electrons. The zero-order valence-corrected chi connectivity index (χ0v) is 14.0. The van der Waals surface area contributed by atoms with Crippen LogP contribution >= 0.6 is 11.3 Å². The van der Waals surface area contributed by atoms with E-state index < -0.39 is 0 Å². The van der Waals surface area contributed by atoms with Crippen molar-refractivity contribution in [1.29, 1.82) is 0 Å². The molecule has 1 aliphatic carbocycles. The molecule has 1 atom stereocenters. The van der Waals surface area contributed by atoms with E-state index in [-0.39, 0.29) is 11.9 Å². The Morgan fingerprint density at radius 1 is 1.35 bits per heavy atom. The van der Waals surface area contributed by atoms with Crippen molar-refractivity contribution in [2.45, 2.75) is 38.3 Å². The van der Waals surface area contributed by atoms with E-state index in [1.165, 1.54) is 24.2 Å². The van der Waals surface area contributed by atoms with Crippen LogP contribution in [-0.4, -0.2) is 45.9 Å². The molecule has 3 heterocycles. The molecule has 0 spiro atoms. The van der Waals surface area contributed by atoms with Gasteiger partial charge in [-0.15, -0.1) is 11.3 Å². The highest BCUT2D eigenvalue weighted by Gasteiger charge is 2.35. The zero-order valence-electron chi connectivity index (χ0n) is 13.2. The summed E-state index contributed by atoms with van der Waals surface area (Å²) in [6.45, 7) is 3.99. The summed E-state index contributed by atoms with van der Waals surface area (Å²) in [5.41, 5.74) is 1.60. The average molecular weight is 328 g/mol. The van der Waals surface area contributed by atoms with Crippen LogP contribution in [0.5, 0.6) is 0 Å². The molecule has 1 N–H and O–H groups in total. The average Bonchev–Trinajstić information content (AvgIpc) is 3.19. The van der Waals surface area contributed by atoms with Crippen LogP contribution in [0.4, 0.5) is 0 Å². The normalized spacial score (nSPS) is 21.5. The lowest BCUT2D eigenvalue weighted by Gasteiger charge is -2.15. The van der Waals surface area contributed by atoms with E-state index in [1.807, 2.05) is 25.1 Å². The Kier molecular flexibility index (Phi) is 3.87. The summed E-state index contributed by atoms with van der Waals surface area (Å²) in [7, 11) is 0. The monoisotopic (exact) mass is 328 g/mol. The predicted molar refractivity (Wildman–Crippen MR) is 90.5 cm³/mol. The van der Waals surface area contributed by atoms with E-state index in [0.717, 1.165) is 41.9 Å². The van der Waals surface area contributed by atoms with Crippen LogP contribution in [0.1, 0.15) is 34.6 Å². The first kappa shape index (κ1) is 14.8. The van der Waals surface area contributed by atoms with Crippen LogP contribution in [0.15, 0.2) is 24.4 Å². The third-order valence-corrected chi connectivity index (χ3v) is 5.68. The van der Waals surface area contributed by atoms with Crippen molar-refractivity contribution in [2.24, 2.45) is 0 Å². The summed E-state index contributed by atoms with van der Waals surface area (Å²) < 4.78 is 0. The van der Waals surface area contributed by atoms with Crippen molar-refractivity contribution in [3.8, 4) is 10.7 Å². The first-order valence-electron chi connectivity index (χ1n) is 8.14. The molecule has 120 valence electrons. The Morgan fingerprint density at radius 2 is 2.22 bits per heavy atom. The van der Waals surface area contributed by atoms with Crippen LogP contribution in [0, 0.1) is 6.92 Å². The van der Waals surface area contributed by atoms with Gasteiger partial charge in [0.25, 0.3) is 5.91 Å². The number of rotatable bonds is 4. The van der Waals surface area contributed by atoms with Crippen molar-refractivity contribution in [1.82, 2.24) is 20.2 Å². The van der Waals surface area contributed by atoms with Crippen LogP contribution in [0.25, 0.3) is 10.7 Å². The second kappa shape index (κ2) is 6.02. The Hall–Kier alpha value is -1.79. The fourth-order valence-corrected chi connectivity index (χ4v) is 4.08. The maximum Gasteiger partial charge on any atom is 0.263 e. The largest absolute Gasteiger partial charge is 0.347 e. The van der Waals surface area contributed by atoms with Crippen LogP contribution in [0.3, 0.4) is 0 Å². The number of carbonyl (C=O) groups excluding carboxylic acids is 1. The van der Waals surface area contributed by atoms with Gasteiger partial charge in [-0.3, -0.25) is 14.7 Å². The van der Waals surface area contributed by atoms with Crippen molar-refractivity contribution < 1.29 is 4.79 Å². The molecule has 0 unspecified atom stereocenters. The first-order chi connectivity index (χ1) is 11.2. The number of likely N-dealkylation sites (tertiary alicyclic amines) is 1. The van der Waals surface area contributed by atoms with E-state index in [2.05, 4.69) is 20.2 Å². The van der Waals surface area contributed by atoms with Crippen molar-refractivity contribution in [2.75, 3.05) is 13.1 Å². The summed E-state index contributed by atoms with van der Waals surface area (Å²) >= 11 is 1.42. The van der Waals surface area contributed by atoms with Gasteiger partial charge in [-0.2, -0.15) is 0 Å². The molecule has 5 nitrogen and oxygen atoms in total. The van der Waals surface area contributed by atoms with E-state index in [1.54, 1.807) is 6.20 Å². The third kappa shape index (κ3) is 3.14. The maximum absolute atomic E-state index is 12.6. The van der Waals surface area contributed by atoms with Crippen molar-refractivity contribution >= 4 is 17.2 Å². The molecule has 0 aromatic carbocycles. The number of thiazole rings is 1. The summed E-state index contributed by atoms with van der Waals surface area (Å²) in [5.74, 6) is 0.00447. The van der Waals surface area contributed by atoms with Gasteiger partial charge in [-0.25, -0.2) is 4.98 Å². The Morgan fingerprint density at radius 3 is 2.96 bits per heavy atom. The molecule has 2 fully saturated rings. The minimum Gasteiger partial charge on any atom is -0.347 e. The quantitative estimate of drug-likeness (QED) is 0.937. The fraction of sp³-hybridized carbons (Fsp3) is 0.471. The summed E-state index contributed by atoms with van der Waals surface area (Å²) in [5, 5.41) is 3.99. The number of hydrogen-bond donors (Lipinski definition) is 1. The molecule has 1 aliphatic heterocycles. The third-order valence-electron chi connectivity index (χ3n) is 4.50.